The number of aryl methyl sites for hydroxylation is 1. The van der Waals surface area contributed by atoms with E-state index in [1.54, 1.807) is 12.1 Å². The summed E-state index contributed by atoms with van der Waals surface area (Å²) >= 11 is 0. The highest BCUT2D eigenvalue weighted by molar-refractivity contribution is 7.89. The Morgan fingerprint density at radius 1 is 1.14 bits per heavy atom. The number of carbonyl (C=O) groups excluding carboxylic acids is 1. The van der Waals surface area contributed by atoms with Gasteiger partial charge in [-0.05, 0) is 55.5 Å². The third-order valence-corrected chi connectivity index (χ3v) is 6.94. The van der Waals surface area contributed by atoms with Crippen molar-refractivity contribution in [1.29, 1.82) is 0 Å². The maximum Gasteiger partial charge on any atom is 0.276 e. The summed E-state index contributed by atoms with van der Waals surface area (Å²) in [6.07, 6.45) is 2.45. The molecule has 3 rings (SSSR count). The minimum atomic E-state index is -3.53. The molecule has 1 aliphatic rings. The van der Waals surface area contributed by atoms with Crippen LogP contribution < -0.4 is 10.9 Å². The fourth-order valence-corrected chi connectivity index (χ4v) is 4.69. The number of piperidine rings is 1. The maximum atomic E-state index is 12.8. The lowest BCUT2D eigenvalue weighted by atomic mass is 10.0. The van der Waals surface area contributed by atoms with Crippen LogP contribution in [0.25, 0.3) is 0 Å². The molecule has 29 heavy (non-hydrogen) atoms. The molecule has 1 aromatic heterocycles. The minimum absolute atomic E-state index is 0.122. The Morgan fingerprint density at radius 2 is 1.79 bits per heavy atom. The van der Waals surface area contributed by atoms with Crippen LogP contribution in [0.5, 0.6) is 0 Å². The zero-order valence-corrected chi connectivity index (χ0v) is 17.5. The van der Waals surface area contributed by atoms with E-state index < -0.39 is 15.9 Å². The molecule has 2 heterocycles. The van der Waals surface area contributed by atoms with Crippen LogP contribution in [-0.2, 0) is 16.6 Å². The van der Waals surface area contributed by atoms with Gasteiger partial charge < -0.3 is 5.32 Å². The lowest BCUT2D eigenvalue weighted by Gasteiger charge is -2.29. The van der Waals surface area contributed by atoms with Crippen molar-refractivity contribution >= 4 is 21.6 Å². The number of aromatic nitrogens is 2. The van der Waals surface area contributed by atoms with Crippen LogP contribution in [0.15, 0.2) is 46.1 Å². The molecule has 0 saturated carbocycles. The Kier molecular flexibility index (Phi) is 6.49. The lowest BCUT2D eigenvalue weighted by molar-refractivity contribution is 0.101. The molecule has 1 saturated heterocycles. The average Bonchev–Trinajstić information content (AvgIpc) is 2.70. The predicted molar refractivity (Wildman–Crippen MR) is 110 cm³/mol. The first-order chi connectivity index (χ1) is 13.8. The molecule has 1 aliphatic heterocycles. The Morgan fingerprint density at radius 3 is 2.41 bits per heavy atom. The number of anilines is 1. The van der Waals surface area contributed by atoms with Crippen molar-refractivity contribution in [3.63, 3.8) is 0 Å². The van der Waals surface area contributed by atoms with Crippen molar-refractivity contribution in [2.75, 3.05) is 18.4 Å². The van der Waals surface area contributed by atoms with Gasteiger partial charge in [-0.3, -0.25) is 9.59 Å². The van der Waals surface area contributed by atoms with Crippen molar-refractivity contribution < 1.29 is 13.2 Å². The standard InChI is InChI=1S/C20H26N4O4S/c1-3-12-24-19(25)9-8-18(22-24)20(26)21-16-4-6-17(7-5-16)29(27,28)23-13-10-15(2)11-14-23/h4-9,15H,3,10-14H2,1-2H3,(H,21,26). The van der Waals surface area contributed by atoms with Gasteiger partial charge in [0.2, 0.25) is 10.0 Å². The van der Waals surface area contributed by atoms with Crippen LogP contribution in [0.4, 0.5) is 5.69 Å². The Labute approximate surface area is 170 Å². The first kappa shape index (κ1) is 21.2. The summed E-state index contributed by atoms with van der Waals surface area (Å²) in [5, 5.41) is 6.76. The second kappa shape index (κ2) is 8.87. The molecule has 156 valence electrons. The van der Waals surface area contributed by atoms with Crippen LogP contribution in [-0.4, -0.2) is 41.5 Å². The predicted octanol–water partition coefficient (Wildman–Crippen LogP) is 2.33. The molecule has 0 unspecified atom stereocenters. The van der Waals surface area contributed by atoms with Crippen LogP contribution in [0.1, 0.15) is 43.6 Å². The molecule has 1 N–H and O–H groups in total. The van der Waals surface area contributed by atoms with Gasteiger partial charge in [0, 0.05) is 31.4 Å². The molecule has 1 fully saturated rings. The van der Waals surface area contributed by atoms with Crippen molar-refractivity contribution in [1.82, 2.24) is 14.1 Å². The highest BCUT2D eigenvalue weighted by Gasteiger charge is 2.27. The molecular weight excluding hydrogens is 392 g/mol. The van der Waals surface area contributed by atoms with Crippen molar-refractivity contribution in [3.8, 4) is 0 Å². The van der Waals surface area contributed by atoms with Gasteiger partial charge in [0.1, 0.15) is 5.69 Å². The first-order valence-corrected chi connectivity index (χ1v) is 11.2. The van der Waals surface area contributed by atoms with Crippen LogP contribution in [0.3, 0.4) is 0 Å². The SMILES string of the molecule is CCCn1nc(C(=O)Nc2ccc(S(=O)(=O)N3CCC(C)CC3)cc2)ccc1=O. The van der Waals surface area contributed by atoms with E-state index in [1.165, 1.54) is 33.3 Å². The number of amides is 1. The zero-order chi connectivity index (χ0) is 21.0. The molecular formula is C20H26N4O4S. The lowest BCUT2D eigenvalue weighted by Crippen LogP contribution is -2.37. The molecule has 1 amide bonds. The third kappa shape index (κ3) is 4.91. The summed E-state index contributed by atoms with van der Waals surface area (Å²) in [7, 11) is -3.53. The number of nitrogens with one attached hydrogen (secondary N) is 1. The largest absolute Gasteiger partial charge is 0.321 e. The van der Waals surface area contributed by atoms with Gasteiger partial charge >= 0.3 is 0 Å². The van der Waals surface area contributed by atoms with Gasteiger partial charge in [-0.15, -0.1) is 0 Å². The van der Waals surface area contributed by atoms with Gasteiger partial charge in [0.25, 0.3) is 11.5 Å². The molecule has 0 spiro atoms. The monoisotopic (exact) mass is 418 g/mol. The normalized spacial score (nSPS) is 15.9. The molecule has 8 nitrogen and oxygen atoms in total. The number of rotatable bonds is 6. The maximum absolute atomic E-state index is 12.8. The molecule has 1 aromatic carbocycles. The third-order valence-electron chi connectivity index (χ3n) is 5.03. The number of sulfonamides is 1. The summed E-state index contributed by atoms with van der Waals surface area (Å²) in [5.41, 5.74) is 0.318. The fraction of sp³-hybridized carbons (Fsp3) is 0.450. The minimum Gasteiger partial charge on any atom is -0.321 e. The van der Waals surface area contributed by atoms with E-state index in [2.05, 4.69) is 17.3 Å². The van der Waals surface area contributed by atoms with Crippen molar-refractivity contribution in [2.45, 2.75) is 44.6 Å². The molecule has 0 bridgehead atoms. The summed E-state index contributed by atoms with van der Waals surface area (Å²) in [6, 6.07) is 8.79. The summed E-state index contributed by atoms with van der Waals surface area (Å²) in [5.74, 6) is 0.0785. The van der Waals surface area contributed by atoms with Crippen LogP contribution in [0.2, 0.25) is 0 Å². The van der Waals surface area contributed by atoms with E-state index in [4.69, 9.17) is 0 Å². The van der Waals surface area contributed by atoms with Crippen molar-refractivity contribution in [2.24, 2.45) is 5.92 Å². The van der Waals surface area contributed by atoms with Gasteiger partial charge in [-0.25, -0.2) is 13.1 Å². The van der Waals surface area contributed by atoms with Crippen molar-refractivity contribution in [3.05, 3.63) is 52.4 Å². The van der Waals surface area contributed by atoms with E-state index in [-0.39, 0.29) is 16.1 Å². The van der Waals surface area contributed by atoms with E-state index in [0.717, 1.165) is 19.3 Å². The van der Waals surface area contributed by atoms with Gasteiger partial charge in [0.05, 0.1) is 4.90 Å². The number of carbonyl (C=O) groups is 1. The van der Waals surface area contributed by atoms with Crippen LogP contribution >= 0.6 is 0 Å². The first-order valence-electron chi connectivity index (χ1n) is 9.81. The Balaban J connectivity index is 1.71. The number of hydrogen-bond donors (Lipinski definition) is 1. The second-order valence-corrected chi connectivity index (χ2v) is 9.28. The smallest absolute Gasteiger partial charge is 0.276 e. The number of benzene rings is 1. The molecule has 0 aliphatic carbocycles. The Hall–Kier alpha value is -2.52. The molecule has 0 atom stereocenters. The molecule has 2 aromatic rings. The zero-order valence-electron chi connectivity index (χ0n) is 16.7. The van der Waals surface area contributed by atoms with E-state index in [1.807, 2.05) is 6.92 Å². The van der Waals surface area contributed by atoms with Gasteiger partial charge in [-0.2, -0.15) is 9.40 Å². The molecule has 0 radical (unpaired) electrons. The number of nitrogens with zero attached hydrogens (tertiary/aromatic N) is 3. The highest BCUT2D eigenvalue weighted by atomic mass is 32.2. The second-order valence-electron chi connectivity index (χ2n) is 7.35. The van der Waals surface area contributed by atoms with Gasteiger partial charge in [0.15, 0.2) is 0 Å². The highest BCUT2D eigenvalue weighted by Crippen LogP contribution is 2.24. The van der Waals surface area contributed by atoms with E-state index >= 15 is 0 Å². The fourth-order valence-electron chi connectivity index (χ4n) is 3.22. The molecule has 9 heteroatoms. The van der Waals surface area contributed by atoms with Gasteiger partial charge in [-0.1, -0.05) is 13.8 Å². The Bertz CT molecular complexity index is 1020. The summed E-state index contributed by atoms with van der Waals surface area (Å²) < 4.78 is 28.3. The number of hydrogen-bond acceptors (Lipinski definition) is 5. The van der Waals surface area contributed by atoms with E-state index in [0.29, 0.717) is 31.2 Å². The van der Waals surface area contributed by atoms with Crippen LogP contribution in [0, 0.1) is 5.92 Å². The van der Waals surface area contributed by atoms with E-state index in [9.17, 15) is 18.0 Å². The summed E-state index contributed by atoms with van der Waals surface area (Å²) in [4.78, 5) is 24.4. The topological polar surface area (TPSA) is 101 Å². The average molecular weight is 419 g/mol. The summed E-state index contributed by atoms with van der Waals surface area (Å²) in [6.45, 7) is 5.54. The quantitative estimate of drug-likeness (QED) is 0.776.